The number of amides is 2. The molecule has 10 heteroatoms. The molecule has 186 valence electrons. The number of halogens is 2. The molecule has 2 amide bonds. The molecule has 0 fully saturated rings. The second-order valence-corrected chi connectivity index (χ2v) is 7.93. The number of aromatic nitrogens is 1. The second-order valence-electron chi connectivity index (χ2n) is 7.93. The van der Waals surface area contributed by atoms with Crippen molar-refractivity contribution in [1.29, 1.82) is 0 Å². The van der Waals surface area contributed by atoms with Crippen molar-refractivity contribution in [3.63, 3.8) is 0 Å². The molecule has 3 aromatic rings. The molecule has 0 aliphatic carbocycles. The maximum atomic E-state index is 14.1. The van der Waals surface area contributed by atoms with E-state index < -0.39 is 17.7 Å². The van der Waals surface area contributed by atoms with Crippen LogP contribution in [0.15, 0.2) is 54.7 Å². The van der Waals surface area contributed by atoms with Crippen molar-refractivity contribution in [2.75, 3.05) is 18.3 Å². The third-order valence-electron chi connectivity index (χ3n) is 5.47. The van der Waals surface area contributed by atoms with E-state index in [-0.39, 0.29) is 37.0 Å². The summed E-state index contributed by atoms with van der Waals surface area (Å²) in [7, 11) is 0. The van der Waals surface area contributed by atoms with Crippen LogP contribution in [0.1, 0.15) is 31.7 Å². The molecule has 3 rings (SSSR count). The van der Waals surface area contributed by atoms with E-state index in [1.165, 1.54) is 24.1 Å². The summed E-state index contributed by atoms with van der Waals surface area (Å²) in [4.78, 5) is 34.2. The van der Waals surface area contributed by atoms with Gasteiger partial charge >= 0.3 is 0 Å². The van der Waals surface area contributed by atoms with Crippen LogP contribution in [0.4, 0.5) is 14.6 Å². The number of hydrogen-bond donors (Lipinski definition) is 2. The van der Waals surface area contributed by atoms with Crippen molar-refractivity contribution < 1.29 is 28.3 Å². The minimum Gasteiger partial charge on any atom is -0.396 e. The van der Waals surface area contributed by atoms with E-state index in [0.717, 1.165) is 21.9 Å². The highest BCUT2D eigenvalue weighted by molar-refractivity contribution is 5.85. The van der Waals surface area contributed by atoms with Gasteiger partial charge in [-0.15, -0.1) is 0 Å². The lowest BCUT2D eigenvalue weighted by Gasteiger charge is -2.32. The predicted octanol–water partition coefficient (Wildman–Crippen LogP) is 3.49. The van der Waals surface area contributed by atoms with Gasteiger partial charge in [0.1, 0.15) is 0 Å². The molecule has 0 aliphatic heterocycles. The van der Waals surface area contributed by atoms with Crippen LogP contribution in [0.3, 0.4) is 0 Å². The third kappa shape index (κ3) is 7.01. The summed E-state index contributed by atoms with van der Waals surface area (Å²) in [5, 5.41) is 13.2. The minimum absolute atomic E-state index is 0.0168. The number of benzene rings is 2. The van der Waals surface area contributed by atoms with E-state index in [1.54, 1.807) is 12.3 Å². The van der Waals surface area contributed by atoms with E-state index in [0.29, 0.717) is 25.7 Å². The van der Waals surface area contributed by atoms with Crippen molar-refractivity contribution >= 4 is 28.9 Å². The maximum absolute atomic E-state index is 14.1. The zero-order valence-corrected chi connectivity index (χ0v) is 19.4. The number of carbonyl (C=O) groups is 2. The Morgan fingerprint density at radius 3 is 2.66 bits per heavy atom. The first kappa shape index (κ1) is 26.1. The Morgan fingerprint density at radius 1 is 1.17 bits per heavy atom. The number of nitrogens with one attached hydrogen (secondary N) is 1. The lowest BCUT2D eigenvalue weighted by atomic mass is 10.1. The molecule has 0 spiro atoms. The molecular formula is C25H28F2N4O4. The quantitative estimate of drug-likeness (QED) is 0.218. The van der Waals surface area contributed by atoms with Gasteiger partial charge in [-0.25, -0.2) is 19.2 Å². The van der Waals surface area contributed by atoms with Gasteiger partial charge in [0.2, 0.25) is 12.3 Å². The number of aliphatic hydroxyl groups is 1. The van der Waals surface area contributed by atoms with E-state index in [4.69, 9.17) is 9.94 Å². The number of aliphatic hydroxyl groups excluding tert-OH is 1. The summed E-state index contributed by atoms with van der Waals surface area (Å²) in [6.07, 6.45) is 3.61. The van der Waals surface area contributed by atoms with Crippen LogP contribution >= 0.6 is 0 Å². The van der Waals surface area contributed by atoms with Crippen molar-refractivity contribution in [1.82, 2.24) is 15.4 Å². The Bertz CT molecular complexity index is 1150. The van der Waals surface area contributed by atoms with Crippen LogP contribution in [-0.2, 0) is 21.0 Å². The first-order valence-corrected chi connectivity index (χ1v) is 11.2. The molecular weight excluding hydrogens is 458 g/mol. The summed E-state index contributed by atoms with van der Waals surface area (Å²) in [6.45, 7) is 1.09. The van der Waals surface area contributed by atoms with Gasteiger partial charge in [-0.1, -0.05) is 36.4 Å². The number of hydroxylamine groups is 1. The number of anilines is 1. The SMILES string of the molecule is CC(=O)N(NCc1cccc(F)c1F)[C@H](CCCCO)CON(C=O)c1cc2ccccc2cn1. The number of nitrogens with zero attached hydrogens (tertiary/aromatic N) is 3. The van der Waals surface area contributed by atoms with Crippen LogP contribution in [0.5, 0.6) is 0 Å². The average molecular weight is 487 g/mol. The van der Waals surface area contributed by atoms with Crippen LogP contribution < -0.4 is 10.5 Å². The first-order chi connectivity index (χ1) is 16.9. The van der Waals surface area contributed by atoms with E-state index in [1.807, 2.05) is 24.3 Å². The van der Waals surface area contributed by atoms with Gasteiger partial charge in [-0.05, 0) is 36.8 Å². The van der Waals surface area contributed by atoms with E-state index >= 15 is 0 Å². The molecule has 0 unspecified atom stereocenters. The maximum Gasteiger partial charge on any atom is 0.239 e. The zero-order valence-electron chi connectivity index (χ0n) is 19.4. The Hall–Kier alpha value is -3.47. The van der Waals surface area contributed by atoms with Crippen molar-refractivity contribution in [2.24, 2.45) is 0 Å². The van der Waals surface area contributed by atoms with Crippen LogP contribution in [0.25, 0.3) is 10.8 Å². The molecule has 0 aliphatic rings. The highest BCUT2D eigenvalue weighted by Gasteiger charge is 2.24. The number of pyridine rings is 1. The smallest absolute Gasteiger partial charge is 0.239 e. The average Bonchev–Trinajstić information content (AvgIpc) is 2.86. The van der Waals surface area contributed by atoms with Gasteiger partial charge in [0.25, 0.3) is 0 Å². The molecule has 35 heavy (non-hydrogen) atoms. The number of rotatable bonds is 13. The predicted molar refractivity (Wildman–Crippen MR) is 127 cm³/mol. The van der Waals surface area contributed by atoms with Crippen molar-refractivity contribution in [2.45, 2.75) is 38.8 Å². The fourth-order valence-corrected chi connectivity index (χ4v) is 3.64. The second kappa shape index (κ2) is 12.8. The van der Waals surface area contributed by atoms with Crippen LogP contribution in [-0.4, -0.2) is 46.7 Å². The largest absolute Gasteiger partial charge is 0.396 e. The first-order valence-electron chi connectivity index (χ1n) is 11.2. The molecule has 0 saturated heterocycles. The fourth-order valence-electron chi connectivity index (χ4n) is 3.64. The van der Waals surface area contributed by atoms with Crippen molar-refractivity contribution in [3.05, 3.63) is 71.9 Å². The van der Waals surface area contributed by atoms with Gasteiger partial charge in [0.05, 0.1) is 12.6 Å². The standard InChI is InChI=1S/C25H28F2N4O4/c1-18(34)31(29-15-21-9-6-11-23(26)25(21)27)22(10-4-5-12-32)16-35-30(17-33)24-13-19-7-2-3-8-20(19)14-28-24/h2-3,6-9,11,13-14,17,22,29,32H,4-5,10,12,15-16H2,1H3/t22-/m1/s1. The highest BCUT2D eigenvalue weighted by atomic mass is 19.2. The molecule has 2 N–H and O–H groups in total. The lowest BCUT2D eigenvalue weighted by molar-refractivity contribution is -0.137. The van der Waals surface area contributed by atoms with Gasteiger partial charge in [-0.2, -0.15) is 5.06 Å². The molecule has 8 nitrogen and oxygen atoms in total. The highest BCUT2D eigenvalue weighted by Crippen LogP contribution is 2.20. The molecule has 0 saturated carbocycles. The van der Waals surface area contributed by atoms with Gasteiger partial charge in [0.15, 0.2) is 17.5 Å². The molecule has 0 radical (unpaired) electrons. The number of hydrogen-bond acceptors (Lipinski definition) is 6. The zero-order chi connectivity index (χ0) is 25.2. The molecule has 0 bridgehead atoms. The van der Waals surface area contributed by atoms with Gasteiger partial charge in [0, 0.05) is 37.2 Å². The summed E-state index contributed by atoms with van der Waals surface area (Å²) >= 11 is 0. The Balaban J connectivity index is 1.74. The summed E-state index contributed by atoms with van der Waals surface area (Å²) in [5.74, 6) is -2.07. The van der Waals surface area contributed by atoms with Gasteiger partial charge in [-0.3, -0.25) is 19.4 Å². The van der Waals surface area contributed by atoms with E-state index in [9.17, 15) is 18.4 Å². The Kier molecular flexibility index (Phi) is 9.59. The molecule has 2 aromatic carbocycles. The third-order valence-corrected chi connectivity index (χ3v) is 5.47. The topological polar surface area (TPSA) is 95.0 Å². The monoisotopic (exact) mass is 486 g/mol. The van der Waals surface area contributed by atoms with Crippen LogP contribution in [0.2, 0.25) is 0 Å². The number of unbranched alkanes of at least 4 members (excludes halogenated alkanes) is 1. The molecule has 1 atom stereocenters. The van der Waals surface area contributed by atoms with Crippen molar-refractivity contribution in [3.8, 4) is 0 Å². The van der Waals surface area contributed by atoms with Crippen LogP contribution in [0, 0.1) is 11.6 Å². The Labute approximate surface area is 202 Å². The fraction of sp³-hybridized carbons (Fsp3) is 0.320. The van der Waals surface area contributed by atoms with Gasteiger partial charge < -0.3 is 5.11 Å². The number of fused-ring (bicyclic) bond motifs is 1. The normalized spacial score (nSPS) is 11.9. The molecule has 1 aromatic heterocycles. The Morgan fingerprint density at radius 2 is 1.94 bits per heavy atom. The summed E-state index contributed by atoms with van der Waals surface area (Å²) in [6, 6.07) is 12.5. The minimum atomic E-state index is -0.994. The summed E-state index contributed by atoms with van der Waals surface area (Å²) in [5.41, 5.74) is 2.91. The summed E-state index contributed by atoms with van der Waals surface area (Å²) < 4.78 is 27.6. The number of carbonyl (C=O) groups excluding carboxylic acids is 2. The molecule has 1 heterocycles. The lowest BCUT2D eigenvalue weighted by Crippen LogP contribution is -2.51. The van der Waals surface area contributed by atoms with E-state index in [2.05, 4.69) is 10.4 Å². The number of hydrazine groups is 1.